The Morgan fingerprint density at radius 3 is 2.66 bits per heavy atom. The lowest BCUT2D eigenvalue weighted by Gasteiger charge is -2.29. The number of imide groups is 1. The molecule has 0 saturated carbocycles. The number of aromatic nitrogens is 2. The quantitative estimate of drug-likeness (QED) is 0.591. The van der Waals surface area contributed by atoms with Gasteiger partial charge in [0.05, 0.1) is 5.69 Å². The number of pyridine rings is 1. The molecule has 3 aliphatic rings. The molecule has 2 aromatic heterocycles. The molecule has 0 aliphatic carbocycles. The number of aryl methyl sites for hydroxylation is 1. The van der Waals surface area contributed by atoms with E-state index in [1.54, 1.807) is 4.90 Å². The number of nitrogens with one attached hydrogen (secondary N) is 1. The summed E-state index contributed by atoms with van der Waals surface area (Å²) < 4.78 is 2.06. The molecule has 0 spiro atoms. The first-order chi connectivity index (χ1) is 16.9. The highest BCUT2D eigenvalue weighted by Crippen LogP contribution is 2.35. The second-order valence-electron chi connectivity index (χ2n) is 9.95. The largest absolute Gasteiger partial charge is 0.336 e. The monoisotopic (exact) mass is 471 g/mol. The molecule has 3 aliphatic heterocycles. The summed E-state index contributed by atoms with van der Waals surface area (Å²) in [6, 6.07) is 9.85. The van der Waals surface area contributed by atoms with E-state index in [0.717, 1.165) is 35.6 Å². The van der Waals surface area contributed by atoms with Gasteiger partial charge in [-0.1, -0.05) is 6.07 Å². The molecule has 180 valence electrons. The first-order valence-corrected chi connectivity index (χ1v) is 12.4. The lowest BCUT2D eigenvalue weighted by atomic mass is 9.99. The van der Waals surface area contributed by atoms with Gasteiger partial charge < -0.3 is 9.47 Å². The minimum absolute atomic E-state index is 0.157. The molecule has 5 heterocycles. The zero-order valence-corrected chi connectivity index (χ0v) is 20.1. The maximum atomic E-state index is 13.1. The van der Waals surface area contributed by atoms with Crippen LogP contribution < -0.4 is 5.32 Å². The molecule has 3 aromatic rings. The summed E-state index contributed by atoms with van der Waals surface area (Å²) in [4.78, 5) is 46.1. The molecule has 1 N–H and O–H groups in total. The number of carbonyl (C=O) groups excluding carboxylic acids is 3. The highest BCUT2D eigenvalue weighted by Gasteiger charge is 2.39. The summed E-state index contributed by atoms with van der Waals surface area (Å²) in [7, 11) is 2.02. The van der Waals surface area contributed by atoms with E-state index in [-0.39, 0.29) is 24.1 Å². The number of fused-ring (bicyclic) bond motifs is 2. The molecule has 8 nitrogen and oxygen atoms in total. The second kappa shape index (κ2) is 8.30. The van der Waals surface area contributed by atoms with E-state index in [2.05, 4.69) is 40.0 Å². The Kier molecular flexibility index (Phi) is 5.21. The van der Waals surface area contributed by atoms with Gasteiger partial charge in [-0.15, -0.1) is 0 Å². The standard InChI is InChI=1S/C27H29N5O3/c1-16(31-10-3-4-11-31)21-14-22(28-25-20(21)9-12-30(25)2)17-5-6-19-18(13-17)15-32(27(19)35)23-7-8-24(33)29-26(23)34/h5-6,9,12-14,16,23H,3-4,7-8,10-11,15H2,1-2H3,(H,29,33,34). The zero-order valence-electron chi connectivity index (χ0n) is 20.1. The number of hydrogen-bond acceptors (Lipinski definition) is 5. The molecule has 3 amide bonds. The molecule has 6 rings (SSSR count). The summed E-state index contributed by atoms with van der Waals surface area (Å²) in [6.07, 6.45) is 5.15. The summed E-state index contributed by atoms with van der Waals surface area (Å²) in [5.41, 5.74) is 5.57. The molecule has 0 radical (unpaired) electrons. The number of amides is 3. The van der Waals surface area contributed by atoms with E-state index >= 15 is 0 Å². The van der Waals surface area contributed by atoms with Crippen molar-refractivity contribution in [2.45, 2.75) is 51.2 Å². The Bertz CT molecular complexity index is 1370. The Hall–Kier alpha value is -3.52. The predicted octanol–water partition coefficient (Wildman–Crippen LogP) is 3.16. The molecule has 2 saturated heterocycles. The van der Waals surface area contributed by atoms with Gasteiger partial charge >= 0.3 is 0 Å². The molecule has 2 atom stereocenters. The van der Waals surface area contributed by atoms with Crippen LogP contribution in [0.25, 0.3) is 22.3 Å². The summed E-state index contributed by atoms with van der Waals surface area (Å²) >= 11 is 0. The Labute approximate surface area is 203 Å². The van der Waals surface area contributed by atoms with E-state index in [0.29, 0.717) is 24.6 Å². The van der Waals surface area contributed by atoms with Crippen LogP contribution in [0.4, 0.5) is 0 Å². The number of nitrogens with zero attached hydrogens (tertiary/aromatic N) is 4. The van der Waals surface area contributed by atoms with Gasteiger partial charge in [0.15, 0.2) is 0 Å². The maximum Gasteiger partial charge on any atom is 0.255 e. The van der Waals surface area contributed by atoms with Gasteiger partial charge in [0.2, 0.25) is 11.8 Å². The first kappa shape index (κ1) is 22.0. The van der Waals surface area contributed by atoms with Crippen LogP contribution in [0, 0.1) is 0 Å². The second-order valence-corrected chi connectivity index (χ2v) is 9.95. The molecule has 2 unspecified atom stereocenters. The SMILES string of the molecule is CC(c1cc(-c2ccc3c(c2)CN(C2CCC(=O)NC2=O)C3=O)nc2c1ccn2C)N1CCCC1. The van der Waals surface area contributed by atoms with Gasteiger partial charge in [0.1, 0.15) is 11.7 Å². The Balaban J connectivity index is 1.36. The number of likely N-dealkylation sites (tertiary alicyclic amines) is 1. The summed E-state index contributed by atoms with van der Waals surface area (Å²) in [5, 5.41) is 3.54. The van der Waals surface area contributed by atoms with Gasteiger partial charge in [0.25, 0.3) is 5.91 Å². The van der Waals surface area contributed by atoms with Crippen LogP contribution in [0.15, 0.2) is 36.5 Å². The summed E-state index contributed by atoms with van der Waals surface area (Å²) in [5.74, 6) is -0.826. The highest BCUT2D eigenvalue weighted by atomic mass is 16.2. The van der Waals surface area contributed by atoms with Crippen molar-refractivity contribution in [3.63, 3.8) is 0 Å². The van der Waals surface area contributed by atoms with E-state index in [1.165, 1.54) is 23.8 Å². The van der Waals surface area contributed by atoms with Crippen LogP contribution in [-0.4, -0.2) is 56.2 Å². The molecule has 0 bridgehead atoms. The third kappa shape index (κ3) is 3.63. The number of benzene rings is 1. The predicted molar refractivity (Wildman–Crippen MR) is 131 cm³/mol. The number of carbonyl (C=O) groups is 3. The van der Waals surface area contributed by atoms with Crippen LogP contribution >= 0.6 is 0 Å². The van der Waals surface area contributed by atoms with E-state index in [9.17, 15) is 14.4 Å². The van der Waals surface area contributed by atoms with Gasteiger partial charge in [-0.2, -0.15) is 0 Å². The maximum absolute atomic E-state index is 13.1. The lowest BCUT2D eigenvalue weighted by molar-refractivity contribution is -0.136. The fourth-order valence-corrected chi connectivity index (χ4v) is 5.81. The van der Waals surface area contributed by atoms with E-state index in [4.69, 9.17) is 4.98 Å². The average Bonchev–Trinajstić information content (AvgIpc) is 3.58. The average molecular weight is 472 g/mol. The molecular weight excluding hydrogens is 442 g/mol. The van der Waals surface area contributed by atoms with Crippen LogP contribution in [-0.2, 0) is 23.2 Å². The number of hydrogen-bond donors (Lipinski definition) is 1. The van der Waals surface area contributed by atoms with Crippen molar-refractivity contribution < 1.29 is 14.4 Å². The fourth-order valence-electron chi connectivity index (χ4n) is 5.81. The number of piperidine rings is 1. The van der Waals surface area contributed by atoms with Crippen molar-refractivity contribution in [1.82, 2.24) is 24.7 Å². The van der Waals surface area contributed by atoms with Crippen LogP contribution in [0.1, 0.15) is 60.1 Å². The van der Waals surface area contributed by atoms with Crippen molar-refractivity contribution in [1.29, 1.82) is 0 Å². The summed E-state index contributed by atoms with van der Waals surface area (Å²) in [6.45, 7) is 4.86. The molecule has 35 heavy (non-hydrogen) atoms. The van der Waals surface area contributed by atoms with Crippen molar-refractivity contribution in [2.24, 2.45) is 7.05 Å². The van der Waals surface area contributed by atoms with Gasteiger partial charge in [0, 0.05) is 48.8 Å². The van der Waals surface area contributed by atoms with Gasteiger partial charge in [-0.3, -0.25) is 24.6 Å². The topological polar surface area (TPSA) is 87.5 Å². The molecule has 8 heteroatoms. The van der Waals surface area contributed by atoms with Crippen LogP contribution in [0.5, 0.6) is 0 Å². The minimum Gasteiger partial charge on any atom is -0.336 e. The van der Waals surface area contributed by atoms with Crippen LogP contribution in [0.3, 0.4) is 0 Å². The Morgan fingerprint density at radius 1 is 1.09 bits per heavy atom. The normalized spacial score (nSPS) is 21.6. The highest BCUT2D eigenvalue weighted by molar-refractivity contribution is 6.05. The fraction of sp³-hybridized carbons (Fsp3) is 0.407. The molecule has 2 fully saturated rings. The minimum atomic E-state index is -0.609. The van der Waals surface area contributed by atoms with Gasteiger partial charge in [-0.05, 0) is 74.7 Å². The van der Waals surface area contributed by atoms with Crippen molar-refractivity contribution in [2.75, 3.05) is 13.1 Å². The van der Waals surface area contributed by atoms with Gasteiger partial charge in [-0.25, -0.2) is 4.98 Å². The molecular formula is C27H29N5O3. The van der Waals surface area contributed by atoms with Crippen LogP contribution in [0.2, 0.25) is 0 Å². The zero-order chi connectivity index (χ0) is 24.3. The van der Waals surface area contributed by atoms with Crippen molar-refractivity contribution in [3.8, 4) is 11.3 Å². The Morgan fingerprint density at radius 2 is 1.89 bits per heavy atom. The van der Waals surface area contributed by atoms with Crippen molar-refractivity contribution >= 4 is 28.8 Å². The smallest absolute Gasteiger partial charge is 0.255 e. The van der Waals surface area contributed by atoms with E-state index < -0.39 is 6.04 Å². The van der Waals surface area contributed by atoms with Crippen molar-refractivity contribution in [3.05, 3.63) is 53.2 Å². The first-order valence-electron chi connectivity index (χ1n) is 12.4. The lowest BCUT2D eigenvalue weighted by Crippen LogP contribution is -2.52. The number of rotatable bonds is 4. The third-order valence-corrected chi connectivity index (χ3v) is 7.83. The third-order valence-electron chi connectivity index (χ3n) is 7.83. The molecule has 1 aromatic carbocycles. The van der Waals surface area contributed by atoms with E-state index in [1.807, 2.05) is 25.2 Å².